The summed E-state index contributed by atoms with van der Waals surface area (Å²) in [5.41, 5.74) is 7.43. The van der Waals surface area contributed by atoms with Gasteiger partial charge in [0.15, 0.2) is 0 Å². The Balaban J connectivity index is 2.06. The van der Waals surface area contributed by atoms with Gasteiger partial charge in [-0.2, -0.15) is 0 Å². The van der Waals surface area contributed by atoms with E-state index < -0.39 is 0 Å². The van der Waals surface area contributed by atoms with E-state index in [1.54, 1.807) is 7.11 Å². The predicted molar refractivity (Wildman–Crippen MR) is 88.8 cm³/mol. The third kappa shape index (κ3) is 4.35. The summed E-state index contributed by atoms with van der Waals surface area (Å²) >= 11 is 5.10. The number of thiocarbonyl (C=S) groups is 1. The van der Waals surface area contributed by atoms with Gasteiger partial charge in [-0.15, -0.1) is 0 Å². The van der Waals surface area contributed by atoms with Gasteiger partial charge in [0, 0.05) is 19.0 Å². The third-order valence-electron chi connectivity index (χ3n) is 2.96. The van der Waals surface area contributed by atoms with Gasteiger partial charge in [0.05, 0.1) is 30.9 Å². The lowest BCUT2D eigenvalue weighted by atomic mass is 10.1. The molecule has 0 aliphatic rings. The minimum atomic E-state index is 0.330. The van der Waals surface area contributed by atoms with Crippen LogP contribution in [0.5, 0.6) is 0 Å². The molecule has 0 saturated carbocycles. The largest absolute Gasteiger partial charge is 0.389 e. The van der Waals surface area contributed by atoms with Gasteiger partial charge in [-0.1, -0.05) is 30.4 Å². The first-order valence-corrected chi connectivity index (χ1v) is 7.13. The number of benzene rings is 1. The molecule has 0 bridgehead atoms. The van der Waals surface area contributed by atoms with E-state index in [1.165, 1.54) is 0 Å². The minimum absolute atomic E-state index is 0.330. The number of nitrogens with zero attached hydrogens (tertiary/aromatic N) is 1. The molecule has 5 nitrogen and oxygen atoms in total. The third-order valence-corrected chi connectivity index (χ3v) is 3.18. The highest BCUT2D eigenvalue weighted by molar-refractivity contribution is 7.80. The molecule has 0 atom stereocenters. The average Bonchev–Trinajstić information content (AvgIpc) is 2.49. The molecule has 21 heavy (non-hydrogen) atoms. The van der Waals surface area contributed by atoms with Crippen molar-refractivity contribution < 1.29 is 9.47 Å². The number of methoxy groups -OCH3 is 1. The highest BCUT2D eigenvalue weighted by atomic mass is 32.1. The number of nitrogens with two attached hydrogens (primary N) is 1. The minimum Gasteiger partial charge on any atom is -0.389 e. The number of pyridine rings is 1. The molecule has 0 aliphatic heterocycles. The summed E-state index contributed by atoms with van der Waals surface area (Å²) in [5, 5.41) is 4.24. The maximum absolute atomic E-state index is 5.78. The highest BCUT2D eigenvalue weighted by Crippen LogP contribution is 2.20. The Bertz CT molecular complexity index is 619. The van der Waals surface area contributed by atoms with Gasteiger partial charge in [-0.05, 0) is 12.1 Å². The molecule has 0 radical (unpaired) electrons. The Morgan fingerprint density at radius 1 is 1.29 bits per heavy atom. The Kier molecular flexibility index (Phi) is 5.86. The second-order valence-corrected chi connectivity index (χ2v) is 4.91. The molecule has 0 aliphatic carbocycles. The lowest BCUT2D eigenvalue weighted by molar-refractivity contribution is 0.0759. The van der Waals surface area contributed by atoms with E-state index >= 15 is 0 Å². The van der Waals surface area contributed by atoms with Gasteiger partial charge in [0.1, 0.15) is 10.8 Å². The van der Waals surface area contributed by atoms with Crippen LogP contribution in [0.25, 0.3) is 10.9 Å². The zero-order valence-electron chi connectivity index (χ0n) is 12.0. The fourth-order valence-corrected chi connectivity index (χ4v) is 2.08. The number of fused-ring (bicyclic) bond motifs is 1. The number of rotatable bonds is 8. The van der Waals surface area contributed by atoms with E-state index in [-0.39, 0.29) is 0 Å². The van der Waals surface area contributed by atoms with Crippen LogP contribution in [-0.2, 0) is 9.47 Å². The van der Waals surface area contributed by atoms with E-state index in [1.807, 2.05) is 30.3 Å². The Morgan fingerprint density at radius 3 is 2.86 bits per heavy atom. The molecule has 0 fully saturated rings. The summed E-state index contributed by atoms with van der Waals surface area (Å²) in [7, 11) is 1.65. The summed E-state index contributed by atoms with van der Waals surface area (Å²) in [6, 6.07) is 9.82. The zero-order chi connectivity index (χ0) is 15.1. The Labute approximate surface area is 129 Å². The van der Waals surface area contributed by atoms with E-state index in [9.17, 15) is 0 Å². The van der Waals surface area contributed by atoms with Crippen molar-refractivity contribution in [2.24, 2.45) is 5.73 Å². The van der Waals surface area contributed by atoms with Crippen LogP contribution in [0.1, 0.15) is 5.56 Å². The van der Waals surface area contributed by atoms with Crippen LogP contribution in [0.3, 0.4) is 0 Å². The summed E-state index contributed by atoms with van der Waals surface area (Å²) in [6.45, 7) is 2.36. The molecule has 1 aromatic heterocycles. The fourth-order valence-electron chi connectivity index (χ4n) is 1.92. The van der Waals surface area contributed by atoms with Crippen molar-refractivity contribution in [1.29, 1.82) is 0 Å². The molecule has 0 spiro atoms. The summed E-state index contributed by atoms with van der Waals surface area (Å²) in [6.07, 6.45) is 0. The van der Waals surface area contributed by atoms with Crippen molar-refractivity contribution in [2.75, 3.05) is 38.8 Å². The monoisotopic (exact) mass is 305 g/mol. The van der Waals surface area contributed by atoms with E-state index in [0.29, 0.717) is 37.2 Å². The molecule has 0 saturated heterocycles. The van der Waals surface area contributed by atoms with Gasteiger partial charge >= 0.3 is 0 Å². The molecule has 6 heteroatoms. The summed E-state index contributed by atoms with van der Waals surface area (Å²) in [5.74, 6) is 0.691. The van der Waals surface area contributed by atoms with E-state index in [4.69, 9.17) is 27.4 Å². The first-order valence-electron chi connectivity index (χ1n) is 6.72. The van der Waals surface area contributed by atoms with Gasteiger partial charge in [-0.25, -0.2) is 4.98 Å². The molecule has 1 heterocycles. The summed E-state index contributed by atoms with van der Waals surface area (Å²) < 4.78 is 10.3. The van der Waals surface area contributed by atoms with Crippen LogP contribution in [0.4, 0.5) is 5.82 Å². The van der Waals surface area contributed by atoms with Crippen LogP contribution in [0, 0.1) is 0 Å². The first kappa shape index (κ1) is 15.6. The van der Waals surface area contributed by atoms with Crippen molar-refractivity contribution in [2.45, 2.75) is 0 Å². The predicted octanol–water partition coefficient (Wildman–Crippen LogP) is 1.94. The van der Waals surface area contributed by atoms with Crippen molar-refractivity contribution >= 4 is 33.9 Å². The molecule has 2 rings (SSSR count). The molecule has 1 aromatic carbocycles. The molecule has 2 aromatic rings. The topological polar surface area (TPSA) is 69.4 Å². The highest BCUT2D eigenvalue weighted by Gasteiger charge is 2.08. The van der Waals surface area contributed by atoms with Crippen LogP contribution < -0.4 is 11.1 Å². The average molecular weight is 305 g/mol. The van der Waals surface area contributed by atoms with Crippen molar-refractivity contribution in [3.63, 3.8) is 0 Å². The van der Waals surface area contributed by atoms with Crippen LogP contribution in [-0.4, -0.2) is 43.4 Å². The van der Waals surface area contributed by atoms with Crippen LogP contribution in [0.2, 0.25) is 0 Å². The normalized spacial score (nSPS) is 10.7. The standard InChI is InChI=1S/C15H19N3O2S/c1-19-8-9-20-7-6-17-15-12(14(16)21)10-11-4-2-3-5-13(11)18-15/h2-5,10H,6-9H2,1H3,(H2,16,21)(H,17,18). The lowest BCUT2D eigenvalue weighted by Crippen LogP contribution is -2.17. The maximum Gasteiger partial charge on any atom is 0.137 e. The Morgan fingerprint density at radius 2 is 2.10 bits per heavy atom. The quantitative estimate of drug-likeness (QED) is 0.574. The molecular formula is C15H19N3O2S. The second kappa shape index (κ2) is 7.87. The number of hydrogen-bond acceptors (Lipinski definition) is 5. The van der Waals surface area contributed by atoms with Crippen molar-refractivity contribution in [3.8, 4) is 0 Å². The fraction of sp³-hybridized carbons (Fsp3) is 0.333. The SMILES string of the molecule is COCCOCCNc1nc2ccccc2cc1C(N)=S. The van der Waals surface area contributed by atoms with Gasteiger partial charge in [0.2, 0.25) is 0 Å². The van der Waals surface area contributed by atoms with Gasteiger partial charge in [-0.3, -0.25) is 0 Å². The van der Waals surface area contributed by atoms with Crippen LogP contribution in [0.15, 0.2) is 30.3 Å². The first-order chi connectivity index (χ1) is 10.2. The number of hydrogen-bond donors (Lipinski definition) is 2. The second-order valence-electron chi connectivity index (χ2n) is 4.47. The number of para-hydroxylation sites is 1. The van der Waals surface area contributed by atoms with Gasteiger partial charge in [0.25, 0.3) is 0 Å². The molecular weight excluding hydrogens is 286 g/mol. The maximum atomic E-state index is 5.78. The molecule has 112 valence electrons. The van der Waals surface area contributed by atoms with E-state index in [2.05, 4.69) is 10.3 Å². The smallest absolute Gasteiger partial charge is 0.137 e. The molecule has 0 amide bonds. The number of anilines is 1. The zero-order valence-corrected chi connectivity index (χ0v) is 12.8. The van der Waals surface area contributed by atoms with Gasteiger partial charge < -0.3 is 20.5 Å². The number of ether oxygens (including phenoxy) is 2. The number of nitrogens with one attached hydrogen (secondary N) is 1. The Hall–Kier alpha value is -1.76. The van der Waals surface area contributed by atoms with Crippen LogP contribution >= 0.6 is 12.2 Å². The van der Waals surface area contributed by atoms with E-state index in [0.717, 1.165) is 16.5 Å². The molecule has 3 N–H and O–H groups in total. The lowest BCUT2D eigenvalue weighted by Gasteiger charge is -2.12. The molecule has 0 unspecified atom stereocenters. The summed E-state index contributed by atoms with van der Waals surface area (Å²) in [4.78, 5) is 4.90. The number of aromatic nitrogens is 1. The van der Waals surface area contributed by atoms with Crippen molar-refractivity contribution in [3.05, 3.63) is 35.9 Å². The van der Waals surface area contributed by atoms with Crippen molar-refractivity contribution in [1.82, 2.24) is 4.98 Å².